The van der Waals surface area contributed by atoms with Crippen molar-refractivity contribution in [1.29, 1.82) is 0 Å². The lowest BCUT2D eigenvalue weighted by molar-refractivity contribution is -0.120. The summed E-state index contributed by atoms with van der Waals surface area (Å²) < 4.78 is 10.6. The van der Waals surface area contributed by atoms with Crippen LogP contribution >= 0.6 is 0 Å². The van der Waals surface area contributed by atoms with E-state index in [9.17, 15) is 4.79 Å². The molecule has 0 unspecified atom stereocenters. The van der Waals surface area contributed by atoms with Gasteiger partial charge in [0.2, 0.25) is 5.91 Å². The van der Waals surface area contributed by atoms with Crippen molar-refractivity contribution < 1.29 is 14.3 Å². The lowest BCUT2D eigenvalue weighted by atomic mass is 9.95. The summed E-state index contributed by atoms with van der Waals surface area (Å²) in [5.41, 5.74) is 1.80. The second-order valence-corrected chi connectivity index (χ2v) is 7.75. The number of benzene rings is 1. The third-order valence-corrected chi connectivity index (χ3v) is 5.94. The van der Waals surface area contributed by atoms with Gasteiger partial charge in [0, 0.05) is 43.9 Å². The highest BCUT2D eigenvalue weighted by atomic mass is 16.5. The Kier molecular flexibility index (Phi) is 6.21. The Morgan fingerprint density at radius 2 is 1.77 bits per heavy atom. The SMILES string of the molecule is COc1ccc(NC(=O)C2CCN(c3cncnc3N3CCCC3)CC2)cc1OC. The van der Waals surface area contributed by atoms with Crippen molar-refractivity contribution in [2.45, 2.75) is 25.7 Å². The Labute approximate surface area is 177 Å². The number of anilines is 3. The molecule has 2 fully saturated rings. The summed E-state index contributed by atoms with van der Waals surface area (Å²) in [6.07, 6.45) is 7.55. The quantitative estimate of drug-likeness (QED) is 0.783. The van der Waals surface area contributed by atoms with E-state index in [4.69, 9.17) is 9.47 Å². The van der Waals surface area contributed by atoms with E-state index in [0.717, 1.165) is 50.5 Å². The molecule has 2 saturated heterocycles. The highest BCUT2D eigenvalue weighted by Gasteiger charge is 2.28. The van der Waals surface area contributed by atoms with Gasteiger partial charge in [-0.2, -0.15) is 0 Å². The van der Waals surface area contributed by atoms with E-state index in [1.807, 2.05) is 12.3 Å². The van der Waals surface area contributed by atoms with Crippen LogP contribution in [0.2, 0.25) is 0 Å². The molecule has 1 N–H and O–H groups in total. The van der Waals surface area contributed by atoms with Gasteiger partial charge in [0.25, 0.3) is 0 Å². The van der Waals surface area contributed by atoms with Gasteiger partial charge >= 0.3 is 0 Å². The lowest BCUT2D eigenvalue weighted by Crippen LogP contribution is -2.39. The van der Waals surface area contributed by atoms with Crippen LogP contribution < -0.4 is 24.6 Å². The first-order valence-electron chi connectivity index (χ1n) is 10.5. The summed E-state index contributed by atoms with van der Waals surface area (Å²) in [5, 5.41) is 3.02. The molecule has 1 aromatic heterocycles. The standard InChI is InChI=1S/C22H29N5O3/c1-29-19-6-5-17(13-20(19)30-2)25-22(28)16-7-11-26(12-8-16)18-14-23-15-24-21(18)27-9-3-4-10-27/h5-6,13-16H,3-4,7-12H2,1-2H3,(H,25,28). The minimum Gasteiger partial charge on any atom is -0.493 e. The van der Waals surface area contributed by atoms with Crippen molar-refractivity contribution in [2.75, 3.05) is 55.5 Å². The van der Waals surface area contributed by atoms with E-state index in [2.05, 4.69) is 25.1 Å². The van der Waals surface area contributed by atoms with Crippen molar-refractivity contribution in [3.8, 4) is 11.5 Å². The van der Waals surface area contributed by atoms with E-state index in [1.165, 1.54) is 12.8 Å². The zero-order valence-corrected chi connectivity index (χ0v) is 17.6. The van der Waals surface area contributed by atoms with Gasteiger partial charge < -0.3 is 24.6 Å². The number of amides is 1. The minimum absolute atomic E-state index is 0.0192. The van der Waals surface area contributed by atoms with Crippen LogP contribution in [0.1, 0.15) is 25.7 Å². The Hall–Kier alpha value is -3.03. The average Bonchev–Trinajstić information content (AvgIpc) is 3.34. The fourth-order valence-corrected chi connectivity index (χ4v) is 4.25. The zero-order chi connectivity index (χ0) is 20.9. The summed E-state index contributed by atoms with van der Waals surface area (Å²) in [6.45, 7) is 3.74. The maximum absolute atomic E-state index is 12.8. The highest BCUT2D eigenvalue weighted by molar-refractivity contribution is 5.93. The topological polar surface area (TPSA) is 79.8 Å². The lowest BCUT2D eigenvalue weighted by Gasteiger charge is -2.34. The second-order valence-electron chi connectivity index (χ2n) is 7.75. The Morgan fingerprint density at radius 1 is 1.03 bits per heavy atom. The second kappa shape index (κ2) is 9.19. The minimum atomic E-state index is -0.0192. The summed E-state index contributed by atoms with van der Waals surface area (Å²) in [5.74, 6) is 2.29. The van der Waals surface area contributed by atoms with Gasteiger partial charge in [-0.15, -0.1) is 0 Å². The first-order chi connectivity index (χ1) is 14.7. The number of hydrogen-bond donors (Lipinski definition) is 1. The molecule has 1 aromatic carbocycles. The number of piperidine rings is 1. The van der Waals surface area contributed by atoms with Crippen LogP contribution in [0.15, 0.2) is 30.7 Å². The Morgan fingerprint density at radius 3 is 2.47 bits per heavy atom. The molecule has 0 spiro atoms. The van der Waals surface area contributed by atoms with Crippen LogP contribution in [0.4, 0.5) is 17.2 Å². The molecule has 0 atom stereocenters. The van der Waals surface area contributed by atoms with Crippen molar-refractivity contribution in [1.82, 2.24) is 9.97 Å². The number of carbonyl (C=O) groups is 1. The van der Waals surface area contributed by atoms with Gasteiger partial charge in [0.05, 0.1) is 26.1 Å². The normalized spacial score (nSPS) is 17.1. The van der Waals surface area contributed by atoms with Crippen LogP contribution in [-0.2, 0) is 4.79 Å². The van der Waals surface area contributed by atoms with Crippen molar-refractivity contribution in [3.05, 3.63) is 30.7 Å². The number of nitrogens with zero attached hydrogens (tertiary/aromatic N) is 4. The van der Waals surface area contributed by atoms with Gasteiger partial charge in [-0.05, 0) is 37.8 Å². The maximum atomic E-state index is 12.8. The predicted octanol–water partition coefficient (Wildman–Crippen LogP) is 2.95. The molecule has 4 rings (SSSR count). The smallest absolute Gasteiger partial charge is 0.227 e. The van der Waals surface area contributed by atoms with Crippen LogP contribution in [-0.4, -0.2) is 56.3 Å². The van der Waals surface area contributed by atoms with Crippen LogP contribution in [0.3, 0.4) is 0 Å². The molecule has 1 amide bonds. The molecule has 2 aliphatic rings. The van der Waals surface area contributed by atoms with Crippen molar-refractivity contribution >= 4 is 23.1 Å². The summed E-state index contributed by atoms with van der Waals surface area (Å²) in [6, 6.07) is 5.42. The number of nitrogens with one attached hydrogen (secondary N) is 1. The Bertz CT molecular complexity index is 877. The number of rotatable bonds is 6. The Balaban J connectivity index is 1.37. The number of ether oxygens (including phenoxy) is 2. The fourth-order valence-electron chi connectivity index (χ4n) is 4.25. The molecular weight excluding hydrogens is 382 g/mol. The molecule has 160 valence electrons. The van der Waals surface area contributed by atoms with E-state index >= 15 is 0 Å². The van der Waals surface area contributed by atoms with Gasteiger partial charge in [-0.3, -0.25) is 4.79 Å². The molecule has 30 heavy (non-hydrogen) atoms. The van der Waals surface area contributed by atoms with Crippen LogP contribution in [0.25, 0.3) is 0 Å². The summed E-state index contributed by atoms with van der Waals surface area (Å²) >= 11 is 0. The number of methoxy groups -OCH3 is 2. The van der Waals surface area contributed by atoms with E-state index in [-0.39, 0.29) is 11.8 Å². The van der Waals surface area contributed by atoms with Gasteiger partial charge in [-0.25, -0.2) is 9.97 Å². The fraction of sp³-hybridized carbons (Fsp3) is 0.500. The summed E-state index contributed by atoms with van der Waals surface area (Å²) in [4.78, 5) is 26.3. The monoisotopic (exact) mass is 411 g/mol. The maximum Gasteiger partial charge on any atom is 0.227 e. The molecule has 8 nitrogen and oxygen atoms in total. The zero-order valence-electron chi connectivity index (χ0n) is 17.6. The molecular formula is C22H29N5O3. The number of hydrogen-bond acceptors (Lipinski definition) is 7. The van der Waals surface area contributed by atoms with Gasteiger partial charge in [0.15, 0.2) is 17.3 Å². The van der Waals surface area contributed by atoms with Gasteiger partial charge in [0.1, 0.15) is 6.33 Å². The first kappa shape index (κ1) is 20.3. The first-order valence-corrected chi connectivity index (χ1v) is 10.5. The molecule has 0 radical (unpaired) electrons. The third-order valence-electron chi connectivity index (χ3n) is 5.94. The molecule has 2 aromatic rings. The number of aromatic nitrogens is 2. The van der Waals surface area contributed by atoms with E-state index in [0.29, 0.717) is 17.2 Å². The molecule has 2 aliphatic heterocycles. The van der Waals surface area contributed by atoms with Crippen LogP contribution in [0.5, 0.6) is 11.5 Å². The van der Waals surface area contributed by atoms with E-state index in [1.54, 1.807) is 32.7 Å². The average molecular weight is 412 g/mol. The third kappa shape index (κ3) is 4.27. The molecule has 0 saturated carbocycles. The number of carbonyl (C=O) groups excluding carboxylic acids is 1. The predicted molar refractivity (Wildman–Crippen MR) is 117 cm³/mol. The molecule has 3 heterocycles. The molecule has 0 aliphatic carbocycles. The molecule has 0 bridgehead atoms. The van der Waals surface area contributed by atoms with Crippen molar-refractivity contribution in [2.24, 2.45) is 5.92 Å². The van der Waals surface area contributed by atoms with E-state index < -0.39 is 0 Å². The van der Waals surface area contributed by atoms with Crippen LogP contribution in [0, 0.1) is 5.92 Å². The summed E-state index contributed by atoms with van der Waals surface area (Å²) in [7, 11) is 3.18. The highest BCUT2D eigenvalue weighted by Crippen LogP contribution is 2.33. The van der Waals surface area contributed by atoms with Crippen molar-refractivity contribution in [3.63, 3.8) is 0 Å². The molecule has 8 heteroatoms. The largest absolute Gasteiger partial charge is 0.493 e. The van der Waals surface area contributed by atoms with Gasteiger partial charge in [-0.1, -0.05) is 0 Å².